The van der Waals surface area contributed by atoms with E-state index in [4.69, 9.17) is 4.98 Å². The van der Waals surface area contributed by atoms with Crippen LogP contribution >= 0.6 is 0 Å². The number of hydrogen-bond acceptors (Lipinski definition) is 3. The number of fused-ring (bicyclic) bond motifs is 3. The zero-order valence-electron chi connectivity index (χ0n) is 16.4. The molecular formula is C25H27N3. The summed E-state index contributed by atoms with van der Waals surface area (Å²) in [7, 11) is 0. The zero-order chi connectivity index (χ0) is 18.9. The second-order valence-corrected chi connectivity index (χ2v) is 8.16. The highest BCUT2D eigenvalue weighted by molar-refractivity contribution is 5.70. The monoisotopic (exact) mass is 369 g/mol. The van der Waals surface area contributed by atoms with E-state index in [0.717, 1.165) is 17.3 Å². The quantitative estimate of drug-likeness (QED) is 0.675. The fraction of sp³-hybridized carbons (Fsp3) is 0.320. The first-order valence-electron chi connectivity index (χ1n) is 10.4. The van der Waals surface area contributed by atoms with Gasteiger partial charge in [0.2, 0.25) is 0 Å². The summed E-state index contributed by atoms with van der Waals surface area (Å²) in [5.74, 6) is 1.78. The van der Waals surface area contributed by atoms with Gasteiger partial charge in [0.1, 0.15) is 5.82 Å². The van der Waals surface area contributed by atoms with Crippen molar-refractivity contribution >= 4 is 5.82 Å². The molecule has 0 spiro atoms. The third kappa shape index (κ3) is 3.31. The van der Waals surface area contributed by atoms with E-state index in [2.05, 4.69) is 83.9 Å². The number of nitrogens with zero attached hydrogens (tertiary/aromatic N) is 2. The van der Waals surface area contributed by atoms with Gasteiger partial charge in [-0.05, 0) is 67.6 Å². The van der Waals surface area contributed by atoms with Gasteiger partial charge in [0.15, 0.2) is 0 Å². The molecule has 3 aliphatic rings. The summed E-state index contributed by atoms with van der Waals surface area (Å²) in [6.07, 6.45) is 4.62. The van der Waals surface area contributed by atoms with E-state index in [1.165, 1.54) is 42.6 Å². The smallest absolute Gasteiger partial charge is 0.126 e. The van der Waals surface area contributed by atoms with Gasteiger partial charge in [0, 0.05) is 23.8 Å². The van der Waals surface area contributed by atoms with Crippen LogP contribution < -0.4 is 5.32 Å². The van der Waals surface area contributed by atoms with Crippen LogP contribution in [0.2, 0.25) is 0 Å². The number of aromatic nitrogens is 1. The molecule has 6 rings (SSSR count). The van der Waals surface area contributed by atoms with Crippen LogP contribution in [0.15, 0.2) is 72.9 Å². The van der Waals surface area contributed by atoms with Crippen LogP contribution in [0.5, 0.6) is 0 Å². The fourth-order valence-electron chi connectivity index (χ4n) is 4.85. The molecular weight excluding hydrogens is 342 g/mol. The number of pyridine rings is 1. The molecule has 3 fully saturated rings. The van der Waals surface area contributed by atoms with Gasteiger partial charge in [0.25, 0.3) is 0 Å². The van der Waals surface area contributed by atoms with E-state index in [1.807, 2.05) is 6.20 Å². The molecule has 2 unspecified atom stereocenters. The van der Waals surface area contributed by atoms with Crippen LogP contribution in [-0.2, 0) is 0 Å². The van der Waals surface area contributed by atoms with Gasteiger partial charge in [-0.1, -0.05) is 54.6 Å². The Morgan fingerprint density at radius 2 is 1.39 bits per heavy atom. The Balaban J connectivity index is 1.30. The molecule has 1 N–H and O–H groups in total. The average Bonchev–Trinajstić information content (AvgIpc) is 2.78. The van der Waals surface area contributed by atoms with Crippen molar-refractivity contribution in [1.29, 1.82) is 0 Å². The fourth-order valence-corrected chi connectivity index (χ4v) is 4.85. The molecule has 2 atom stereocenters. The maximum atomic E-state index is 4.72. The topological polar surface area (TPSA) is 28.2 Å². The van der Waals surface area contributed by atoms with Crippen molar-refractivity contribution in [3.63, 3.8) is 0 Å². The van der Waals surface area contributed by atoms with Crippen LogP contribution in [0.4, 0.5) is 5.82 Å². The van der Waals surface area contributed by atoms with Gasteiger partial charge in [-0.3, -0.25) is 4.90 Å². The molecule has 0 saturated carbocycles. The Hall–Kier alpha value is -2.65. The maximum absolute atomic E-state index is 4.72. The largest absolute Gasteiger partial charge is 0.365 e. The van der Waals surface area contributed by atoms with Crippen LogP contribution in [-0.4, -0.2) is 35.1 Å². The predicted molar refractivity (Wildman–Crippen MR) is 116 cm³/mol. The van der Waals surface area contributed by atoms with Crippen molar-refractivity contribution in [1.82, 2.24) is 9.88 Å². The van der Waals surface area contributed by atoms with Crippen molar-refractivity contribution in [3.05, 3.63) is 72.9 Å². The molecule has 0 amide bonds. The highest BCUT2D eigenvalue weighted by atomic mass is 15.2. The number of hydrogen-bond donors (Lipinski definition) is 1. The lowest BCUT2D eigenvalue weighted by Crippen LogP contribution is -2.59. The van der Waals surface area contributed by atoms with Crippen LogP contribution in [0.3, 0.4) is 0 Å². The van der Waals surface area contributed by atoms with E-state index < -0.39 is 0 Å². The summed E-state index contributed by atoms with van der Waals surface area (Å²) < 4.78 is 0. The molecule has 3 heteroatoms. The van der Waals surface area contributed by atoms with E-state index in [1.54, 1.807) is 0 Å². The summed E-state index contributed by atoms with van der Waals surface area (Å²) >= 11 is 0. The zero-order valence-corrected chi connectivity index (χ0v) is 16.4. The first-order chi connectivity index (χ1) is 13.8. The van der Waals surface area contributed by atoms with Crippen molar-refractivity contribution in [3.8, 4) is 22.3 Å². The Morgan fingerprint density at radius 1 is 0.786 bits per heavy atom. The molecule has 142 valence electrons. The van der Waals surface area contributed by atoms with E-state index in [9.17, 15) is 0 Å². The van der Waals surface area contributed by atoms with E-state index in [0.29, 0.717) is 12.1 Å². The van der Waals surface area contributed by atoms with Gasteiger partial charge in [-0.25, -0.2) is 4.98 Å². The minimum atomic E-state index is 0.519. The highest BCUT2D eigenvalue weighted by Gasteiger charge is 2.39. The normalized spacial score (nSPS) is 26.2. The van der Waals surface area contributed by atoms with Gasteiger partial charge in [0.05, 0.1) is 0 Å². The maximum Gasteiger partial charge on any atom is 0.126 e. The van der Waals surface area contributed by atoms with Crippen molar-refractivity contribution in [2.45, 2.75) is 31.8 Å². The third-order valence-corrected chi connectivity index (χ3v) is 6.58. The number of nitrogens with one attached hydrogen (secondary N) is 1. The lowest BCUT2D eigenvalue weighted by atomic mass is 9.79. The molecule has 0 radical (unpaired) electrons. The molecule has 2 bridgehead atoms. The first-order valence-corrected chi connectivity index (χ1v) is 10.4. The van der Waals surface area contributed by atoms with Crippen molar-refractivity contribution < 1.29 is 0 Å². The molecule has 3 aromatic rings. The van der Waals surface area contributed by atoms with Crippen molar-refractivity contribution in [2.24, 2.45) is 5.92 Å². The highest BCUT2D eigenvalue weighted by Crippen LogP contribution is 2.34. The van der Waals surface area contributed by atoms with Gasteiger partial charge >= 0.3 is 0 Å². The number of anilines is 1. The standard InChI is InChI=1S/C25H27N3/c1-18-25(22-13-15-28(18)16-14-22)27-24-12-11-23(17-26-24)21-9-7-20(8-10-21)19-5-3-2-4-6-19/h2-12,17-18,22,25H,13-16H2,1H3,(H,26,27). The summed E-state index contributed by atoms with van der Waals surface area (Å²) in [5, 5.41) is 3.72. The second kappa shape index (κ2) is 7.40. The SMILES string of the molecule is CC1C(Nc2ccc(-c3ccc(-c4ccccc4)cc3)cn2)C2CCN1CC2. The van der Waals surface area contributed by atoms with Crippen LogP contribution in [0.1, 0.15) is 19.8 Å². The molecule has 4 heterocycles. The van der Waals surface area contributed by atoms with Crippen molar-refractivity contribution in [2.75, 3.05) is 18.4 Å². The summed E-state index contributed by atoms with van der Waals surface area (Å²) in [5.41, 5.74) is 4.85. The molecule has 1 aromatic heterocycles. The summed E-state index contributed by atoms with van der Waals surface area (Å²) in [4.78, 5) is 7.33. The van der Waals surface area contributed by atoms with E-state index >= 15 is 0 Å². The number of rotatable bonds is 4. The second-order valence-electron chi connectivity index (χ2n) is 8.16. The Morgan fingerprint density at radius 3 is 2.00 bits per heavy atom. The minimum Gasteiger partial charge on any atom is -0.365 e. The van der Waals surface area contributed by atoms with Gasteiger partial charge < -0.3 is 5.32 Å². The first kappa shape index (κ1) is 17.4. The lowest BCUT2D eigenvalue weighted by Gasteiger charge is -2.50. The number of benzene rings is 2. The number of piperidine rings is 3. The van der Waals surface area contributed by atoms with E-state index in [-0.39, 0.29) is 0 Å². The van der Waals surface area contributed by atoms with Gasteiger partial charge in [-0.15, -0.1) is 0 Å². The summed E-state index contributed by atoms with van der Waals surface area (Å²) in [6, 6.07) is 24.7. The lowest BCUT2D eigenvalue weighted by molar-refractivity contribution is 0.0457. The molecule has 3 aliphatic heterocycles. The Bertz CT molecular complexity index is 908. The third-order valence-electron chi connectivity index (χ3n) is 6.58. The molecule has 0 aliphatic carbocycles. The molecule has 2 aromatic carbocycles. The Labute approximate surface area is 167 Å². The molecule has 28 heavy (non-hydrogen) atoms. The molecule has 3 saturated heterocycles. The Kier molecular flexibility index (Phi) is 4.61. The summed E-state index contributed by atoms with van der Waals surface area (Å²) in [6.45, 7) is 4.87. The average molecular weight is 370 g/mol. The van der Waals surface area contributed by atoms with Crippen LogP contribution in [0.25, 0.3) is 22.3 Å². The predicted octanol–water partition coefficient (Wildman–Crippen LogP) is 5.31. The molecule has 3 nitrogen and oxygen atoms in total. The van der Waals surface area contributed by atoms with Gasteiger partial charge in [-0.2, -0.15) is 0 Å². The van der Waals surface area contributed by atoms with Crippen LogP contribution in [0, 0.1) is 5.92 Å². The minimum absolute atomic E-state index is 0.519.